The summed E-state index contributed by atoms with van der Waals surface area (Å²) in [7, 11) is 0. The highest BCUT2D eigenvalue weighted by Gasteiger charge is 2.22. The van der Waals surface area contributed by atoms with E-state index in [0.29, 0.717) is 13.2 Å². The molecule has 2 aromatic heterocycles. The fourth-order valence-corrected chi connectivity index (χ4v) is 4.39. The zero-order valence-corrected chi connectivity index (χ0v) is 18.5. The van der Waals surface area contributed by atoms with E-state index < -0.39 is 0 Å². The number of hydrogen-bond acceptors (Lipinski definition) is 8. The Balaban J connectivity index is 1.45. The molecule has 0 aliphatic carbocycles. The number of nitrogens with two attached hydrogens (primary N) is 1. The van der Waals surface area contributed by atoms with E-state index in [1.807, 2.05) is 0 Å². The molecule has 1 aromatic carbocycles. The molecule has 2 aliphatic rings. The van der Waals surface area contributed by atoms with E-state index in [0.717, 1.165) is 67.0 Å². The van der Waals surface area contributed by atoms with Gasteiger partial charge in [0.25, 0.3) is 6.71 Å². The number of benzene rings is 1. The summed E-state index contributed by atoms with van der Waals surface area (Å²) in [6.45, 7) is 5.06. The Hall–Kier alpha value is -3.64. The van der Waals surface area contributed by atoms with Crippen molar-refractivity contribution < 1.29 is 4.74 Å². The van der Waals surface area contributed by atoms with Gasteiger partial charge in [0.1, 0.15) is 5.82 Å². The van der Waals surface area contributed by atoms with Crippen LogP contribution in [0.3, 0.4) is 0 Å². The number of morpholine rings is 1. The lowest BCUT2D eigenvalue weighted by Crippen LogP contribution is -2.36. The Morgan fingerprint density at radius 2 is 1.58 bits per heavy atom. The van der Waals surface area contributed by atoms with Crippen LogP contribution in [-0.4, -0.2) is 61.1 Å². The van der Waals surface area contributed by atoms with Gasteiger partial charge in [-0.25, -0.2) is 20.2 Å². The van der Waals surface area contributed by atoms with E-state index in [9.17, 15) is 0 Å². The summed E-state index contributed by atoms with van der Waals surface area (Å²) in [5.74, 6) is 3.57. The number of nitriles is 1. The topological polar surface area (TPSA) is 104 Å². The van der Waals surface area contributed by atoms with Gasteiger partial charge in [-0.1, -0.05) is 12.1 Å². The van der Waals surface area contributed by atoms with Gasteiger partial charge in [-0.3, -0.25) is 0 Å². The minimum atomic E-state index is 0.187. The molecule has 3 aromatic rings. The van der Waals surface area contributed by atoms with Gasteiger partial charge in [0.15, 0.2) is 0 Å². The maximum atomic E-state index is 9.15. The maximum Gasteiger partial charge on any atom is 0.271 e. The fraction of sp³-hybridized carbons (Fsp3) is 0.333. The number of ether oxygens (including phenoxy) is 1. The average molecular weight is 439 g/mol. The number of nitrogens with zero attached hydrogens (tertiary/aromatic N) is 6. The van der Waals surface area contributed by atoms with Crippen LogP contribution in [0, 0.1) is 11.2 Å². The summed E-state index contributed by atoms with van der Waals surface area (Å²) in [6.07, 6.45) is 5.29. The van der Waals surface area contributed by atoms with Crippen molar-refractivity contribution in [3.05, 3.63) is 48.8 Å². The Morgan fingerprint density at radius 1 is 0.879 bits per heavy atom. The van der Waals surface area contributed by atoms with Crippen LogP contribution in [0.15, 0.2) is 48.8 Å². The molecular weight excluding hydrogens is 413 g/mol. The van der Waals surface area contributed by atoms with Gasteiger partial charge in [0.2, 0.25) is 5.95 Å². The standard InChI is InChI=1S/C24H26BN7O/c26-17-25-5-7-31(8-6-25)21-3-1-18(2-4-21)19-13-22(20-15-28-24(27)29-16-20)30-23(14-19)32-9-11-33-12-10-32/h1-4,13-16H,5-12H2,(H2,27,28,29). The van der Waals surface area contributed by atoms with Gasteiger partial charge in [0, 0.05) is 55.8 Å². The van der Waals surface area contributed by atoms with Crippen molar-refractivity contribution in [3.63, 3.8) is 0 Å². The summed E-state index contributed by atoms with van der Waals surface area (Å²) in [4.78, 5) is 17.8. The van der Waals surface area contributed by atoms with E-state index in [-0.39, 0.29) is 12.7 Å². The Morgan fingerprint density at radius 3 is 2.24 bits per heavy atom. The third kappa shape index (κ3) is 4.76. The molecule has 0 amide bonds. The first kappa shape index (κ1) is 21.2. The predicted octanol–water partition coefficient (Wildman–Crippen LogP) is 3.00. The van der Waals surface area contributed by atoms with Crippen LogP contribution >= 0.6 is 0 Å². The molecule has 2 aliphatic heterocycles. The molecule has 2 N–H and O–H groups in total. The second-order valence-corrected chi connectivity index (χ2v) is 8.47. The van der Waals surface area contributed by atoms with Crippen molar-refractivity contribution in [1.29, 1.82) is 5.26 Å². The van der Waals surface area contributed by atoms with Crippen molar-refractivity contribution in [2.45, 2.75) is 12.6 Å². The van der Waals surface area contributed by atoms with Gasteiger partial charge >= 0.3 is 0 Å². The van der Waals surface area contributed by atoms with Crippen LogP contribution in [0.2, 0.25) is 12.6 Å². The van der Waals surface area contributed by atoms with E-state index >= 15 is 0 Å². The van der Waals surface area contributed by atoms with Crippen molar-refractivity contribution in [2.75, 3.05) is 54.9 Å². The molecule has 0 unspecified atom stereocenters. The Labute approximate surface area is 194 Å². The molecule has 4 heterocycles. The van der Waals surface area contributed by atoms with Crippen LogP contribution < -0.4 is 15.5 Å². The van der Waals surface area contributed by atoms with E-state index in [4.69, 9.17) is 20.7 Å². The lowest BCUT2D eigenvalue weighted by Gasteiger charge is -2.30. The predicted molar refractivity (Wildman–Crippen MR) is 131 cm³/mol. The summed E-state index contributed by atoms with van der Waals surface area (Å²) in [5, 5.41) is 9.15. The van der Waals surface area contributed by atoms with E-state index in [2.05, 4.69) is 62.1 Å². The number of aromatic nitrogens is 3. The molecule has 33 heavy (non-hydrogen) atoms. The molecule has 8 nitrogen and oxygen atoms in total. The molecule has 0 atom stereocenters. The third-order valence-electron chi connectivity index (χ3n) is 6.36. The first-order valence-corrected chi connectivity index (χ1v) is 11.4. The lowest BCUT2D eigenvalue weighted by atomic mass is 9.45. The number of anilines is 3. The molecule has 0 radical (unpaired) electrons. The highest BCUT2D eigenvalue weighted by Crippen LogP contribution is 2.31. The van der Waals surface area contributed by atoms with Crippen molar-refractivity contribution in [3.8, 4) is 28.4 Å². The molecule has 2 fully saturated rings. The Bertz CT molecular complexity index is 1130. The quantitative estimate of drug-likeness (QED) is 0.619. The SMILES string of the molecule is N#CB1CCN(c2ccc(-c3cc(-c4cnc(N)nc4)nc(N4CCOCC4)c3)cc2)CC1. The molecule has 0 saturated carbocycles. The minimum Gasteiger partial charge on any atom is -0.378 e. The van der Waals surface area contributed by atoms with Crippen LogP contribution in [0.1, 0.15) is 0 Å². The molecule has 0 bridgehead atoms. The average Bonchev–Trinajstić information content (AvgIpc) is 2.89. The van der Waals surface area contributed by atoms with Gasteiger partial charge < -0.3 is 20.3 Å². The molecule has 0 spiro atoms. The van der Waals surface area contributed by atoms with Gasteiger partial charge in [-0.2, -0.15) is 0 Å². The first-order chi connectivity index (χ1) is 16.2. The zero-order chi connectivity index (χ0) is 22.6. The minimum absolute atomic E-state index is 0.187. The fourth-order valence-electron chi connectivity index (χ4n) is 4.39. The second-order valence-electron chi connectivity index (χ2n) is 8.47. The molecule has 5 rings (SSSR count). The number of nitrogen functional groups attached to an aromatic ring is 1. The van der Waals surface area contributed by atoms with Crippen LogP contribution in [-0.2, 0) is 4.74 Å². The summed E-state index contributed by atoms with van der Waals surface area (Å²) in [6, 6.07) is 12.9. The molecule has 166 valence electrons. The summed E-state index contributed by atoms with van der Waals surface area (Å²) < 4.78 is 5.52. The zero-order valence-electron chi connectivity index (χ0n) is 18.5. The van der Waals surface area contributed by atoms with Crippen LogP contribution in [0.25, 0.3) is 22.4 Å². The summed E-state index contributed by atoms with van der Waals surface area (Å²) >= 11 is 0. The van der Waals surface area contributed by atoms with Crippen molar-refractivity contribution in [1.82, 2.24) is 15.0 Å². The van der Waals surface area contributed by atoms with Crippen LogP contribution in [0.5, 0.6) is 0 Å². The van der Waals surface area contributed by atoms with Gasteiger partial charge in [-0.15, -0.1) is 0 Å². The normalized spacial score (nSPS) is 16.5. The molecule has 9 heteroatoms. The molecule has 2 saturated heterocycles. The monoisotopic (exact) mass is 439 g/mol. The number of rotatable bonds is 4. The van der Waals surface area contributed by atoms with Gasteiger partial charge in [0.05, 0.1) is 18.9 Å². The number of hydrogen-bond donors (Lipinski definition) is 1. The van der Waals surface area contributed by atoms with Crippen molar-refractivity contribution >= 4 is 24.2 Å². The first-order valence-electron chi connectivity index (χ1n) is 11.4. The second kappa shape index (κ2) is 9.47. The number of pyridine rings is 1. The van der Waals surface area contributed by atoms with Gasteiger partial charge in [-0.05, 0) is 48.0 Å². The largest absolute Gasteiger partial charge is 0.378 e. The van der Waals surface area contributed by atoms with Crippen molar-refractivity contribution in [2.24, 2.45) is 0 Å². The highest BCUT2D eigenvalue weighted by atomic mass is 16.5. The molecular formula is C24H26BN7O. The maximum absolute atomic E-state index is 9.15. The highest BCUT2D eigenvalue weighted by molar-refractivity contribution is 6.67. The summed E-state index contributed by atoms with van der Waals surface area (Å²) in [5.41, 5.74) is 10.7. The lowest BCUT2D eigenvalue weighted by molar-refractivity contribution is 0.122. The Kier molecular flexibility index (Phi) is 6.09. The van der Waals surface area contributed by atoms with Crippen LogP contribution in [0.4, 0.5) is 17.5 Å². The van der Waals surface area contributed by atoms with E-state index in [1.165, 1.54) is 5.69 Å². The van der Waals surface area contributed by atoms with E-state index in [1.54, 1.807) is 12.4 Å². The third-order valence-corrected chi connectivity index (χ3v) is 6.36. The smallest absolute Gasteiger partial charge is 0.271 e.